The molecule has 2 radical (unpaired) electrons. The molecule has 0 aliphatic heterocycles. The zero-order valence-electron chi connectivity index (χ0n) is 13.5. The minimum atomic E-state index is -3.38. The summed E-state index contributed by atoms with van der Waals surface area (Å²) in [6, 6.07) is 8.38. The Morgan fingerprint density at radius 1 is 1.29 bits per heavy atom. The second-order valence-electron chi connectivity index (χ2n) is 5.44. The first kappa shape index (κ1) is 19.2. The first-order valence-corrected chi connectivity index (χ1v) is 9.15. The summed E-state index contributed by atoms with van der Waals surface area (Å²) in [7, 11) is 4.94. The summed E-state index contributed by atoms with van der Waals surface area (Å²) in [6.07, 6.45) is -2.83. The molecular weight excluding hydrogens is 334 g/mol. The van der Waals surface area contributed by atoms with E-state index in [4.69, 9.17) is 26.4 Å². The van der Waals surface area contributed by atoms with Gasteiger partial charge in [0, 0.05) is 14.2 Å². The Morgan fingerprint density at radius 3 is 2.50 bits per heavy atom. The van der Waals surface area contributed by atoms with Gasteiger partial charge in [0.25, 0.3) is 0 Å². The highest BCUT2D eigenvalue weighted by atomic mass is 31.2. The van der Waals surface area contributed by atoms with E-state index in [-0.39, 0.29) is 12.8 Å². The molecule has 9 heteroatoms. The molecular formula is C15H20BO7P. The van der Waals surface area contributed by atoms with Gasteiger partial charge in [0.2, 0.25) is 0 Å². The van der Waals surface area contributed by atoms with Crippen LogP contribution in [0, 0.1) is 0 Å². The molecule has 4 atom stereocenters. The third-order valence-electron chi connectivity index (χ3n) is 3.90. The zero-order valence-corrected chi connectivity index (χ0v) is 14.4. The molecule has 0 saturated heterocycles. The summed E-state index contributed by atoms with van der Waals surface area (Å²) in [5, 5.41) is 10.2. The highest BCUT2D eigenvalue weighted by Gasteiger charge is 2.44. The van der Waals surface area contributed by atoms with Gasteiger partial charge in [0.05, 0.1) is 25.6 Å². The molecule has 1 aliphatic rings. The first-order chi connectivity index (χ1) is 11.4. The van der Waals surface area contributed by atoms with Crippen LogP contribution in [0.5, 0.6) is 0 Å². The Hall–Kier alpha value is -1.18. The largest absolute Gasteiger partial charge is 0.453 e. The maximum absolute atomic E-state index is 12.2. The second kappa shape index (κ2) is 8.27. The molecule has 1 fully saturated rings. The lowest BCUT2D eigenvalue weighted by Crippen LogP contribution is -2.36. The minimum Gasteiger partial charge on any atom is -0.453 e. The average molecular weight is 354 g/mol. The molecule has 24 heavy (non-hydrogen) atoms. The standard InChI is InChI=1S/C15H20BO7P/c1-20-24(19,21-2)9-22-12-8-11(16)13(17)14(12)23-15(18)10-6-4-3-5-7-10/h3-7,11-14,17H,8-9H2,1-2H3. The molecule has 1 saturated carbocycles. The lowest BCUT2D eigenvalue weighted by molar-refractivity contribution is -0.0620. The number of ether oxygens (including phenoxy) is 2. The van der Waals surface area contributed by atoms with E-state index >= 15 is 0 Å². The van der Waals surface area contributed by atoms with Crippen LogP contribution in [-0.2, 0) is 23.1 Å². The number of rotatable bonds is 7. The van der Waals surface area contributed by atoms with E-state index < -0.39 is 37.7 Å². The van der Waals surface area contributed by atoms with Crippen LogP contribution < -0.4 is 0 Å². The Bertz CT molecular complexity index is 589. The van der Waals surface area contributed by atoms with Crippen molar-refractivity contribution in [3.05, 3.63) is 35.9 Å². The molecule has 1 aromatic rings. The van der Waals surface area contributed by atoms with Crippen molar-refractivity contribution in [2.45, 2.75) is 30.5 Å². The average Bonchev–Trinajstić information content (AvgIpc) is 2.88. The summed E-state index contributed by atoms with van der Waals surface area (Å²) in [6.45, 7) is 0. The van der Waals surface area contributed by atoms with Gasteiger partial charge in [-0.3, -0.25) is 4.57 Å². The van der Waals surface area contributed by atoms with Crippen molar-refractivity contribution in [1.29, 1.82) is 0 Å². The predicted molar refractivity (Wildman–Crippen MR) is 87.1 cm³/mol. The van der Waals surface area contributed by atoms with E-state index in [9.17, 15) is 14.5 Å². The number of hydrogen-bond acceptors (Lipinski definition) is 7. The molecule has 0 heterocycles. The Kier molecular flexibility index (Phi) is 6.60. The number of hydrogen-bond donors (Lipinski definition) is 1. The Morgan fingerprint density at radius 2 is 1.92 bits per heavy atom. The van der Waals surface area contributed by atoms with Crippen molar-refractivity contribution in [2.75, 3.05) is 20.6 Å². The maximum atomic E-state index is 12.2. The molecule has 4 unspecified atom stereocenters. The van der Waals surface area contributed by atoms with Crippen LogP contribution in [0.15, 0.2) is 30.3 Å². The van der Waals surface area contributed by atoms with Gasteiger partial charge >= 0.3 is 13.6 Å². The van der Waals surface area contributed by atoms with Gasteiger partial charge in [-0.2, -0.15) is 0 Å². The van der Waals surface area contributed by atoms with Crippen LogP contribution in [0.2, 0.25) is 5.82 Å². The van der Waals surface area contributed by atoms with Gasteiger partial charge in [0.15, 0.2) is 6.10 Å². The van der Waals surface area contributed by atoms with E-state index in [0.717, 1.165) is 0 Å². The van der Waals surface area contributed by atoms with Crippen LogP contribution >= 0.6 is 7.60 Å². The Labute approximate surface area is 142 Å². The van der Waals surface area contributed by atoms with Crippen molar-refractivity contribution in [1.82, 2.24) is 0 Å². The van der Waals surface area contributed by atoms with Crippen molar-refractivity contribution in [3.8, 4) is 0 Å². The van der Waals surface area contributed by atoms with E-state index in [1.165, 1.54) is 14.2 Å². The van der Waals surface area contributed by atoms with Crippen LogP contribution in [0.4, 0.5) is 0 Å². The fourth-order valence-electron chi connectivity index (χ4n) is 2.45. The Balaban J connectivity index is 2.04. The van der Waals surface area contributed by atoms with E-state index in [1.54, 1.807) is 30.3 Å². The summed E-state index contributed by atoms with van der Waals surface area (Å²) >= 11 is 0. The monoisotopic (exact) mass is 354 g/mol. The van der Waals surface area contributed by atoms with Crippen molar-refractivity contribution < 1.29 is 33.0 Å². The molecule has 0 amide bonds. The molecule has 0 aromatic heterocycles. The number of carbonyl (C=O) groups is 1. The quantitative estimate of drug-likeness (QED) is 0.453. The van der Waals surface area contributed by atoms with Crippen LogP contribution in [0.1, 0.15) is 16.8 Å². The van der Waals surface area contributed by atoms with Gasteiger partial charge in [-0.15, -0.1) is 0 Å². The number of aliphatic hydroxyl groups excluding tert-OH is 1. The molecule has 0 bridgehead atoms. The summed E-state index contributed by atoms with van der Waals surface area (Å²) in [5.41, 5.74) is 0.350. The number of esters is 1. The van der Waals surface area contributed by atoms with E-state index in [2.05, 4.69) is 0 Å². The number of benzene rings is 1. The van der Waals surface area contributed by atoms with E-state index in [1.807, 2.05) is 0 Å². The fourth-order valence-corrected chi connectivity index (χ4v) is 3.18. The highest BCUT2D eigenvalue weighted by Crippen LogP contribution is 2.47. The van der Waals surface area contributed by atoms with Gasteiger partial charge in [0.1, 0.15) is 6.35 Å². The smallest absolute Gasteiger partial charge is 0.355 e. The molecule has 0 spiro atoms. The normalized spacial score (nSPS) is 27.1. The number of aliphatic hydroxyl groups is 1. The minimum absolute atomic E-state index is 0.251. The topological polar surface area (TPSA) is 91.3 Å². The lowest BCUT2D eigenvalue weighted by atomic mass is 9.84. The summed E-state index contributed by atoms with van der Waals surface area (Å²) in [5.74, 6) is -1.21. The van der Waals surface area contributed by atoms with Gasteiger partial charge in [-0.05, 0) is 24.4 Å². The predicted octanol–water partition coefficient (Wildman–Crippen LogP) is 1.76. The third kappa shape index (κ3) is 4.46. The van der Waals surface area contributed by atoms with Gasteiger partial charge in [-0.25, -0.2) is 4.79 Å². The van der Waals surface area contributed by atoms with Crippen LogP contribution in [-0.4, -0.2) is 57.8 Å². The third-order valence-corrected chi connectivity index (χ3v) is 5.48. The molecule has 2 rings (SSSR count). The van der Waals surface area contributed by atoms with E-state index in [0.29, 0.717) is 5.56 Å². The SMILES string of the molecule is [B]C1CC(OCP(=O)(OC)OC)C(OC(=O)c2ccccc2)C1O. The van der Waals surface area contributed by atoms with Gasteiger partial charge in [-0.1, -0.05) is 18.2 Å². The molecule has 1 aromatic carbocycles. The van der Waals surface area contributed by atoms with Crippen LogP contribution in [0.25, 0.3) is 0 Å². The summed E-state index contributed by atoms with van der Waals surface area (Å²) in [4.78, 5) is 12.2. The van der Waals surface area contributed by atoms with Crippen molar-refractivity contribution in [3.63, 3.8) is 0 Å². The van der Waals surface area contributed by atoms with Crippen molar-refractivity contribution in [2.24, 2.45) is 0 Å². The number of carbonyl (C=O) groups excluding carboxylic acids is 1. The zero-order chi connectivity index (χ0) is 17.7. The lowest BCUT2D eigenvalue weighted by Gasteiger charge is -2.24. The van der Waals surface area contributed by atoms with Gasteiger partial charge < -0.3 is 23.6 Å². The first-order valence-electron chi connectivity index (χ1n) is 7.42. The van der Waals surface area contributed by atoms with Crippen molar-refractivity contribution >= 4 is 21.4 Å². The maximum Gasteiger partial charge on any atom is 0.355 e. The molecule has 130 valence electrons. The second-order valence-corrected chi connectivity index (χ2v) is 7.65. The molecule has 1 aliphatic carbocycles. The molecule has 1 N–H and O–H groups in total. The highest BCUT2D eigenvalue weighted by molar-refractivity contribution is 7.53. The summed E-state index contributed by atoms with van der Waals surface area (Å²) < 4.78 is 32.5. The molecule has 7 nitrogen and oxygen atoms in total. The fraction of sp³-hybridized carbons (Fsp3) is 0.533. The van der Waals surface area contributed by atoms with Crippen LogP contribution in [0.3, 0.4) is 0 Å².